The lowest BCUT2D eigenvalue weighted by atomic mass is 10.1. The number of hydrogen-bond donors (Lipinski definition) is 0. The number of halogens is 1. The molecule has 0 aromatic rings. The summed E-state index contributed by atoms with van der Waals surface area (Å²) in [7, 11) is 2.82. The molecule has 0 aliphatic heterocycles. The molecule has 0 saturated heterocycles. The first-order chi connectivity index (χ1) is 3.63. The quantitative estimate of drug-likeness (QED) is 0.568. The van der Waals surface area contributed by atoms with E-state index in [-0.39, 0.29) is 12.4 Å². The van der Waals surface area contributed by atoms with E-state index in [0.717, 1.165) is 11.6 Å². The van der Waals surface area contributed by atoms with Gasteiger partial charge in [-0.1, -0.05) is 27.2 Å². The molecule has 0 aromatic heterocycles. The maximum Gasteiger partial charge on any atom is -0.0293 e. The van der Waals surface area contributed by atoms with Crippen LogP contribution in [0, 0.1) is 5.92 Å². The fraction of sp³-hybridized carbons (Fsp3) is 1.00. The van der Waals surface area contributed by atoms with Crippen molar-refractivity contribution in [3.05, 3.63) is 0 Å². The first kappa shape index (κ1) is 12.4. The first-order valence-corrected chi connectivity index (χ1v) is 4.05. The van der Waals surface area contributed by atoms with Crippen molar-refractivity contribution in [1.29, 1.82) is 0 Å². The van der Waals surface area contributed by atoms with Gasteiger partial charge in [-0.3, -0.25) is 0 Å². The molecule has 0 nitrogen and oxygen atoms in total. The van der Waals surface area contributed by atoms with Crippen LogP contribution in [0.25, 0.3) is 0 Å². The molecular formula is C7H18ClP. The van der Waals surface area contributed by atoms with Gasteiger partial charge in [-0.15, -0.1) is 21.6 Å². The standard InChI is InChI=1S/C7H17P.ClH/c1-6(2)4-5-7(3)8;/h6-7H,4-5,8H2,1-3H3;1H. The molecule has 0 radical (unpaired) electrons. The van der Waals surface area contributed by atoms with Crippen molar-refractivity contribution in [3.63, 3.8) is 0 Å². The van der Waals surface area contributed by atoms with Gasteiger partial charge in [-0.25, -0.2) is 0 Å². The van der Waals surface area contributed by atoms with Crippen LogP contribution in [0.3, 0.4) is 0 Å². The van der Waals surface area contributed by atoms with Gasteiger partial charge in [0.1, 0.15) is 0 Å². The Labute approximate surface area is 67.4 Å². The summed E-state index contributed by atoms with van der Waals surface area (Å²) in [5, 5.41) is 0. The molecule has 0 bridgehead atoms. The molecule has 0 spiro atoms. The van der Waals surface area contributed by atoms with E-state index in [0.29, 0.717) is 0 Å². The molecule has 2 unspecified atom stereocenters. The molecule has 0 rings (SSSR count). The molecule has 0 aromatic carbocycles. The van der Waals surface area contributed by atoms with Gasteiger partial charge in [0.05, 0.1) is 0 Å². The van der Waals surface area contributed by atoms with Gasteiger partial charge in [0.15, 0.2) is 0 Å². The van der Waals surface area contributed by atoms with E-state index in [1.165, 1.54) is 12.8 Å². The lowest BCUT2D eigenvalue weighted by Crippen LogP contribution is -1.93. The monoisotopic (exact) mass is 168 g/mol. The van der Waals surface area contributed by atoms with E-state index in [9.17, 15) is 0 Å². The summed E-state index contributed by atoms with van der Waals surface area (Å²) in [6.07, 6.45) is 2.72. The molecule has 0 aliphatic rings. The third-order valence-electron chi connectivity index (χ3n) is 1.20. The van der Waals surface area contributed by atoms with Crippen LogP contribution in [-0.2, 0) is 0 Å². The average molecular weight is 169 g/mol. The van der Waals surface area contributed by atoms with E-state index in [2.05, 4.69) is 30.0 Å². The minimum atomic E-state index is 0. The van der Waals surface area contributed by atoms with E-state index in [1.807, 2.05) is 0 Å². The second kappa shape index (κ2) is 6.83. The van der Waals surface area contributed by atoms with Crippen LogP contribution in [-0.4, -0.2) is 5.66 Å². The van der Waals surface area contributed by atoms with Crippen LogP contribution in [0.4, 0.5) is 0 Å². The Morgan fingerprint density at radius 1 is 1.11 bits per heavy atom. The molecular weight excluding hydrogens is 151 g/mol. The lowest BCUT2D eigenvalue weighted by Gasteiger charge is -2.05. The van der Waals surface area contributed by atoms with Crippen molar-refractivity contribution in [2.45, 2.75) is 39.3 Å². The maximum atomic E-state index is 2.82. The van der Waals surface area contributed by atoms with Gasteiger partial charge in [0.25, 0.3) is 0 Å². The van der Waals surface area contributed by atoms with E-state index >= 15 is 0 Å². The Bertz CT molecular complexity index is 44.9. The van der Waals surface area contributed by atoms with Crippen molar-refractivity contribution in [2.24, 2.45) is 5.92 Å². The van der Waals surface area contributed by atoms with Crippen LogP contribution in [0.2, 0.25) is 0 Å². The predicted molar refractivity (Wildman–Crippen MR) is 50.5 cm³/mol. The van der Waals surface area contributed by atoms with Crippen molar-refractivity contribution < 1.29 is 0 Å². The second-order valence-corrected chi connectivity index (χ2v) is 4.09. The Morgan fingerprint density at radius 2 is 1.56 bits per heavy atom. The Balaban J connectivity index is 0. The Morgan fingerprint density at radius 3 is 1.67 bits per heavy atom. The van der Waals surface area contributed by atoms with Crippen molar-refractivity contribution in [3.8, 4) is 0 Å². The van der Waals surface area contributed by atoms with Crippen LogP contribution in [0.5, 0.6) is 0 Å². The molecule has 9 heavy (non-hydrogen) atoms. The molecule has 0 amide bonds. The fourth-order valence-corrected chi connectivity index (χ4v) is 0.789. The highest BCUT2D eigenvalue weighted by Crippen LogP contribution is 2.11. The molecule has 2 atom stereocenters. The first-order valence-electron chi connectivity index (χ1n) is 3.38. The lowest BCUT2D eigenvalue weighted by molar-refractivity contribution is 0.555. The summed E-state index contributed by atoms with van der Waals surface area (Å²) in [6, 6.07) is 0. The van der Waals surface area contributed by atoms with E-state index in [4.69, 9.17) is 0 Å². The smallest absolute Gasteiger partial charge is 0.0293 e. The molecule has 0 fully saturated rings. The molecule has 58 valence electrons. The fourth-order valence-electron chi connectivity index (χ4n) is 0.596. The predicted octanol–water partition coefficient (Wildman–Crippen LogP) is 3.11. The van der Waals surface area contributed by atoms with Gasteiger partial charge in [0.2, 0.25) is 0 Å². The second-order valence-electron chi connectivity index (χ2n) is 2.95. The van der Waals surface area contributed by atoms with Gasteiger partial charge in [-0.05, 0) is 18.0 Å². The summed E-state index contributed by atoms with van der Waals surface area (Å²) >= 11 is 0. The zero-order valence-electron chi connectivity index (χ0n) is 6.55. The molecule has 0 N–H and O–H groups in total. The summed E-state index contributed by atoms with van der Waals surface area (Å²) in [4.78, 5) is 0. The maximum absolute atomic E-state index is 2.82. The summed E-state index contributed by atoms with van der Waals surface area (Å²) in [5.41, 5.74) is 0.803. The SMILES string of the molecule is CC(C)CCC(C)P.Cl. The summed E-state index contributed by atoms with van der Waals surface area (Å²) < 4.78 is 0. The zero-order chi connectivity index (χ0) is 6.57. The number of hydrogen-bond acceptors (Lipinski definition) is 0. The number of rotatable bonds is 3. The van der Waals surface area contributed by atoms with Gasteiger partial charge in [-0.2, -0.15) is 0 Å². The van der Waals surface area contributed by atoms with Gasteiger partial charge in [0, 0.05) is 0 Å². The highest BCUT2D eigenvalue weighted by Gasteiger charge is 1.95. The van der Waals surface area contributed by atoms with Crippen LogP contribution < -0.4 is 0 Å². The summed E-state index contributed by atoms with van der Waals surface area (Å²) in [5.74, 6) is 0.873. The van der Waals surface area contributed by atoms with Crippen molar-refractivity contribution >= 4 is 21.6 Å². The highest BCUT2D eigenvalue weighted by molar-refractivity contribution is 7.17. The van der Waals surface area contributed by atoms with E-state index < -0.39 is 0 Å². The molecule has 0 heterocycles. The minimum absolute atomic E-state index is 0. The molecule has 0 saturated carbocycles. The van der Waals surface area contributed by atoms with Crippen LogP contribution in [0.15, 0.2) is 0 Å². The third-order valence-corrected chi connectivity index (χ3v) is 1.53. The average Bonchev–Trinajstić information content (AvgIpc) is 1.61. The largest absolute Gasteiger partial charge is 0.147 e. The van der Waals surface area contributed by atoms with E-state index in [1.54, 1.807) is 0 Å². The van der Waals surface area contributed by atoms with Gasteiger partial charge < -0.3 is 0 Å². The normalized spacial score (nSPS) is 13.0. The Kier molecular flexibility index (Phi) is 9.42. The molecule has 2 heteroatoms. The van der Waals surface area contributed by atoms with Gasteiger partial charge >= 0.3 is 0 Å². The zero-order valence-corrected chi connectivity index (χ0v) is 8.53. The van der Waals surface area contributed by atoms with Crippen molar-refractivity contribution in [1.82, 2.24) is 0 Å². The topological polar surface area (TPSA) is 0 Å². The third kappa shape index (κ3) is 12.0. The Hall–Kier alpha value is 0.720. The molecule has 0 aliphatic carbocycles. The highest BCUT2D eigenvalue weighted by atomic mass is 35.5. The van der Waals surface area contributed by atoms with Crippen LogP contribution >= 0.6 is 21.6 Å². The van der Waals surface area contributed by atoms with Crippen molar-refractivity contribution in [2.75, 3.05) is 0 Å². The van der Waals surface area contributed by atoms with Crippen LogP contribution in [0.1, 0.15) is 33.6 Å². The minimum Gasteiger partial charge on any atom is -0.147 e. The summed E-state index contributed by atoms with van der Waals surface area (Å²) in [6.45, 7) is 6.78.